The molecule has 0 radical (unpaired) electrons. The maximum atomic E-state index is 13.1. The van der Waals surface area contributed by atoms with Crippen LogP contribution >= 0.6 is 0 Å². The highest BCUT2D eigenvalue weighted by molar-refractivity contribution is 6.06. The predicted octanol–water partition coefficient (Wildman–Crippen LogP) is 2.80. The molecule has 31 heavy (non-hydrogen) atoms. The second-order valence-corrected chi connectivity index (χ2v) is 9.23. The summed E-state index contributed by atoms with van der Waals surface area (Å²) in [7, 11) is 0. The highest BCUT2D eigenvalue weighted by Crippen LogP contribution is 2.50. The summed E-state index contributed by atoms with van der Waals surface area (Å²) < 4.78 is 5.61. The average molecular weight is 422 g/mol. The normalized spacial score (nSPS) is 25.4. The molecule has 1 aliphatic carbocycles. The van der Waals surface area contributed by atoms with Crippen molar-refractivity contribution in [3.63, 3.8) is 0 Å². The van der Waals surface area contributed by atoms with E-state index in [1.54, 1.807) is 6.92 Å². The highest BCUT2D eigenvalue weighted by atomic mass is 16.5. The lowest BCUT2D eigenvalue weighted by atomic mass is 9.80. The van der Waals surface area contributed by atoms with Crippen molar-refractivity contribution in [2.45, 2.75) is 45.1 Å². The monoisotopic (exact) mass is 421 g/mol. The Morgan fingerprint density at radius 3 is 2.90 bits per heavy atom. The van der Waals surface area contributed by atoms with Gasteiger partial charge in [-0.1, -0.05) is 25.1 Å². The number of fused-ring (bicyclic) bond motifs is 2. The molecule has 162 valence electrons. The summed E-state index contributed by atoms with van der Waals surface area (Å²) in [5.41, 5.74) is 1.19. The van der Waals surface area contributed by atoms with E-state index in [9.17, 15) is 9.59 Å². The zero-order chi connectivity index (χ0) is 21.8. The van der Waals surface area contributed by atoms with Crippen LogP contribution in [0.3, 0.4) is 0 Å². The highest BCUT2D eigenvalue weighted by Gasteiger charge is 2.58. The number of H-pyrrole nitrogens is 1. The van der Waals surface area contributed by atoms with Crippen molar-refractivity contribution in [3.8, 4) is 0 Å². The number of carbonyl (C=O) groups is 2. The lowest BCUT2D eigenvalue weighted by Gasteiger charge is -2.26. The van der Waals surface area contributed by atoms with E-state index in [0.717, 1.165) is 17.3 Å². The minimum Gasteiger partial charge on any atom is -0.361 e. The summed E-state index contributed by atoms with van der Waals surface area (Å²) >= 11 is 0. The van der Waals surface area contributed by atoms with Gasteiger partial charge in [-0.05, 0) is 43.9 Å². The van der Waals surface area contributed by atoms with E-state index in [4.69, 9.17) is 4.52 Å². The van der Waals surface area contributed by atoms with Crippen LogP contribution in [-0.4, -0.2) is 51.0 Å². The summed E-state index contributed by atoms with van der Waals surface area (Å²) in [6, 6.07) is 7.59. The number of amides is 2. The SMILES string of the molecule is Cc1noc([C@]23C[C@H](NC(=O)c4cccc5[nH]ccc45)CC2CN(C(=O)C(C)C)C3)n1. The molecule has 1 aromatic carbocycles. The molecule has 1 saturated heterocycles. The van der Waals surface area contributed by atoms with Crippen molar-refractivity contribution >= 4 is 22.7 Å². The number of nitrogens with zero attached hydrogens (tertiary/aromatic N) is 3. The largest absolute Gasteiger partial charge is 0.361 e. The Morgan fingerprint density at radius 2 is 2.16 bits per heavy atom. The maximum Gasteiger partial charge on any atom is 0.252 e. The van der Waals surface area contributed by atoms with Crippen LogP contribution in [0, 0.1) is 18.8 Å². The first-order valence-corrected chi connectivity index (χ1v) is 10.8. The van der Waals surface area contributed by atoms with E-state index in [0.29, 0.717) is 36.8 Å². The molecular weight excluding hydrogens is 394 g/mol. The summed E-state index contributed by atoms with van der Waals surface area (Å²) in [6.07, 6.45) is 3.29. The molecule has 2 N–H and O–H groups in total. The predicted molar refractivity (Wildman–Crippen MR) is 114 cm³/mol. The molecule has 2 aliphatic rings. The molecule has 2 amide bonds. The van der Waals surface area contributed by atoms with Gasteiger partial charge in [0.15, 0.2) is 5.82 Å². The van der Waals surface area contributed by atoms with Gasteiger partial charge in [0.1, 0.15) is 0 Å². The van der Waals surface area contributed by atoms with Crippen LogP contribution in [0.15, 0.2) is 35.0 Å². The number of carbonyl (C=O) groups excluding carboxylic acids is 2. The Bertz CT molecular complexity index is 1150. The molecule has 1 unspecified atom stereocenters. The van der Waals surface area contributed by atoms with Crippen LogP contribution in [0.2, 0.25) is 0 Å². The number of hydrogen-bond donors (Lipinski definition) is 2. The number of rotatable bonds is 4. The van der Waals surface area contributed by atoms with Crippen LogP contribution < -0.4 is 5.32 Å². The summed E-state index contributed by atoms with van der Waals surface area (Å²) in [4.78, 5) is 35.4. The third kappa shape index (κ3) is 3.21. The summed E-state index contributed by atoms with van der Waals surface area (Å²) in [6.45, 7) is 6.85. The maximum absolute atomic E-state index is 13.1. The smallest absolute Gasteiger partial charge is 0.252 e. The van der Waals surface area contributed by atoms with Crippen LogP contribution in [0.5, 0.6) is 0 Å². The summed E-state index contributed by atoms with van der Waals surface area (Å²) in [5, 5.41) is 8.14. The van der Waals surface area contributed by atoms with E-state index in [1.807, 2.05) is 49.2 Å². The Labute approximate surface area is 180 Å². The lowest BCUT2D eigenvalue weighted by Crippen LogP contribution is -2.40. The van der Waals surface area contributed by atoms with Gasteiger partial charge < -0.3 is 19.7 Å². The van der Waals surface area contributed by atoms with Gasteiger partial charge in [-0.15, -0.1) is 0 Å². The van der Waals surface area contributed by atoms with Crippen molar-refractivity contribution in [1.82, 2.24) is 25.3 Å². The molecule has 0 bridgehead atoms. The molecule has 5 rings (SSSR count). The topological polar surface area (TPSA) is 104 Å². The first-order valence-electron chi connectivity index (χ1n) is 10.8. The second kappa shape index (κ2) is 7.21. The Balaban J connectivity index is 1.40. The van der Waals surface area contributed by atoms with Crippen LogP contribution in [0.25, 0.3) is 10.9 Å². The number of aromatic nitrogens is 3. The van der Waals surface area contributed by atoms with Gasteiger partial charge in [-0.3, -0.25) is 9.59 Å². The molecule has 1 aliphatic heterocycles. The molecule has 3 atom stereocenters. The fourth-order valence-electron chi connectivity index (χ4n) is 5.39. The van der Waals surface area contributed by atoms with Crippen molar-refractivity contribution < 1.29 is 14.1 Å². The van der Waals surface area contributed by atoms with Gasteiger partial charge in [0, 0.05) is 47.7 Å². The lowest BCUT2D eigenvalue weighted by molar-refractivity contribution is -0.133. The third-order valence-electron chi connectivity index (χ3n) is 6.81. The number of hydrogen-bond acceptors (Lipinski definition) is 5. The van der Waals surface area contributed by atoms with Crippen molar-refractivity contribution in [2.75, 3.05) is 13.1 Å². The number of aromatic amines is 1. The quantitative estimate of drug-likeness (QED) is 0.674. The van der Waals surface area contributed by atoms with Gasteiger partial charge in [-0.25, -0.2) is 0 Å². The van der Waals surface area contributed by atoms with Crippen molar-refractivity contribution in [2.24, 2.45) is 11.8 Å². The van der Waals surface area contributed by atoms with Crippen molar-refractivity contribution in [1.29, 1.82) is 0 Å². The number of likely N-dealkylation sites (tertiary alicyclic amines) is 1. The molecule has 2 fully saturated rings. The Hall–Kier alpha value is -3.16. The second-order valence-electron chi connectivity index (χ2n) is 9.23. The Morgan fingerprint density at radius 1 is 1.32 bits per heavy atom. The molecular formula is C23H27N5O3. The first kappa shape index (κ1) is 19.8. The average Bonchev–Trinajstić information content (AvgIpc) is 3.49. The van der Waals surface area contributed by atoms with E-state index < -0.39 is 5.41 Å². The van der Waals surface area contributed by atoms with E-state index in [1.165, 1.54) is 0 Å². The van der Waals surface area contributed by atoms with E-state index >= 15 is 0 Å². The van der Waals surface area contributed by atoms with Gasteiger partial charge >= 0.3 is 0 Å². The van der Waals surface area contributed by atoms with E-state index in [2.05, 4.69) is 20.4 Å². The Kier molecular flexibility index (Phi) is 4.60. The minimum absolute atomic E-state index is 0.0183. The molecule has 1 saturated carbocycles. The molecule has 8 heteroatoms. The van der Waals surface area contributed by atoms with E-state index in [-0.39, 0.29) is 29.7 Å². The molecule has 0 spiro atoms. The van der Waals surface area contributed by atoms with Crippen LogP contribution in [0.4, 0.5) is 0 Å². The molecule has 3 heterocycles. The zero-order valence-corrected chi connectivity index (χ0v) is 18.0. The van der Waals surface area contributed by atoms with Gasteiger partial charge in [-0.2, -0.15) is 4.98 Å². The zero-order valence-electron chi connectivity index (χ0n) is 18.0. The van der Waals surface area contributed by atoms with Crippen LogP contribution in [0.1, 0.15) is 48.8 Å². The standard InChI is InChI=1S/C23H27N5O3/c1-13(2)21(30)28-11-15-9-16(10-23(15,12-28)22-25-14(3)27-31-22)26-20(29)18-5-4-6-19-17(18)7-8-24-19/h4-8,13,15-16,24H,9-12H2,1-3H3,(H,26,29)/t15?,16-,23+/m1/s1. The van der Waals surface area contributed by atoms with Crippen LogP contribution in [-0.2, 0) is 10.2 Å². The number of benzene rings is 1. The fourth-order valence-corrected chi connectivity index (χ4v) is 5.39. The third-order valence-corrected chi connectivity index (χ3v) is 6.81. The minimum atomic E-state index is -0.413. The van der Waals surface area contributed by atoms with Gasteiger partial charge in [0.25, 0.3) is 5.91 Å². The van der Waals surface area contributed by atoms with Gasteiger partial charge in [0.2, 0.25) is 11.8 Å². The first-order chi connectivity index (χ1) is 14.9. The molecule has 2 aromatic heterocycles. The number of aryl methyl sites for hydroxylation is 1. The van der Waals surface area contributed by atoms with Crippen molar-refractivity contribution in [3.05, 3.63) is 47.7 Å². The fraction of sp³-hybridized carbons (Fsp3) is 0.478. The molecule has 3 aromatic rings. The molecule has 8 nitrogen and oxygen atoms in total. The number of nitrogens with one attached hydrogen (secondary N) is 2. The summed E-state index contributed by atoms with van der Waals surface area (Å²) in [5.74, 6) is 1.34. The van der Waals surface area contributed by atoms with Gasteiger partial charge in [0.05, 0.1) is 5.41 Å².